The number of amidine groups is 1. The first-order valence-electron chi connectivity index (χ1n) is 6.17. The molecule has 1 aromatic rings. The Morgan fingerprint density at radius 2 is 2.14 bits per heavy atom. The minimum Gasteiger partial charge on any atom is -0.496 e. The van der Waals surface area contributed by atoms with Gasteiger partial charge in [0.2, 0.25) is 10.0 Å². The second-order valence-electron chi connectivity index (χ2n) is 4.36. The summed E-state index contributed by atoms with van der Waals surface area (Å²) >= 11 is 0. The van der Waals surface area contributed by atoms with E-state index in [0.29, 0.717) is 30.9 Å². The molecule has 118 valence electrons. The fourth-order valence-electron chi connectivity index (χ4n) is 1.68. The molecule has 0 saturated carbocycles. The molecule has 5 N–H and O–H groups in total. The Hall–Kier alpha value is -1.84. The van der Waals surface area contributed by atoms with Crippen LogP contribution in [0.2, 0.25) is 0 Å². The van der Waals surface area contributed by atoms with Crippen molar-refractivity contribution in [2.75, 3.05) is 26.5 Å². The molecule has 0 aliphatic rings. The van der Waals surface area contributed by atoms with Crippen molar-refractivity contribution in [3.8, 4) is 5.75 Å². The van der Waals surface area contributed by atoms with Gasteiger partial charge in [0.25, 0.3) is 0 Å². The zero-order valence-electron chi connectivity index (χ0n) is 12.0. The Morgan fingerprint density at radius 3 is 2.71 bits per heavy atom. The summed E-state index contributed by atoms with van der Waals surface area (Å²) in [6.07, 6.45) is 1.11. The molecule has 0 radical (unpaired) electrons. The van der Waals surface area contributed by atoms with Crippen LogP contribution < -0.4 is 20.5 Å². The molecule has 0 bridgehead atoms. The van der Waals surface area contributed by atoms with Crippen LogP contribution in [0.3, 0.4) is 0 Å². The lowest BCUT2D eigenvalue weighted by molar-refractivity contribution is 0.318. The molecule has 9 heteroatoms. The molecule has 0 unspecified atom stereocenters. The second kappa shape index (κ2) is 7.81. The third-order valence-electron chi connectivity index (χ3n) is 2.64. The predicted molar refractivity (Wildman–Crippen MR) is 80.1 cm³/mol. The Kier molecular flexibility index (Phi) is 6.40. The molecule has 0 atom stereocenters. The first-order chi connectivity index (χ1) is 9.87. The van der Waals surface area contributed by atoms with Gasteiger partial charge in [-0.05, 0) is 17.7 Å². The van der Waals surface area contributed by atoms with E-state index in [4.69, 9.17) is 15.7 Å². The van der Waals surface area contributed by atoms with Gasteiger partial charge >= 0.3 is 0 Å². The van der Waals surface area contributed by atoms with E-state index in [-0.39, 0.29) is 5.84 Å². The standard InChI is InChI=1S/C12H20N4O4S/c1-20-11-4-3-9(7-10(11)12(13)16-17)8-14-5-6-15-21(2,18)19/h3-4,7,14-15,17H,5-6,8H2,1-2H3,(H2,13,16). The Labute approximate surface area is 124 Å². The quantitative estimate of drug-likeness (QED) is 0.167. The Balaban J connectivity index is 2.60. The molecule has 0 aliphatic carbocycles. The molecule has 1 aromatic carbocycles. The lowest BCUT2D eigenvalue weighted by atomic mass is 10.1. The molecule has 1 rings (SSSR count). The van der Waals surface area contributed by atoms with Crippen molar-refractivity contribution in [2.45, 2.75) is 6.54 Å². The lowest BCUT2D eigenvalue weighted by Gasteiger charge is -2.10. The Bertz CT molecular complexity index is 601. The number of nitrogens with one attached hydrogen (secondary N) is 2. The summed E-state index contributed by atoms with van der Waals surface area (Å²) in [5.74, 6) is 0.472. The van der Waals surface area contributed by atoms with E-state index < -0.39 is 10.0 Å². The van der Waals surface area contributed by atoms with Crippen LogP contribution in [0, 0.1) is 0 Å². The maximum atomic E-state index is 10.9. The molecule has 0 aliphatic heterocycles. The van der Waals surface area contributed by atoms with Crippen LogP contribution in [-0.2, 0) is 16.6 Å². The number of oxime groups is 1. The monoisotopic (exact) mass is 316 g/mol. The van der Waals surface area contributed by atoms with Gasteiger partial charge in [-0.2, -0.15) is 0 Å². The van der Waals surface area contributed by atoms with Gasteiger partial charge in [0.1, 0.15) is 5.75 Å². The van der Waals surface area contributed by atoms with E-state index in [0.717, 1.165) is 11.8 Å². The van der Waals surface area contributed by atoms with Crippen LogP contribution in [0.5, 0.6) is 5.75 Å². The van der Waals surface area contributed by atoms with Gasteiger partial charge in [-0.1, -0.05) is 11.2 Å². The predicted octanol–water partition coefficient (Wildman–Crippen LogP) is -0.571. The average Bonchev–Trinajstić information content (AvgIpc) is 2.44. The average molecular weight is 316 g/mol. The van der Waals surface area contributed by atoms with Gasteiger partial charge in [-0.3, -0.25) is 0 Å². The number of hydrogen-bond acceptors (Lipinski definition) is 6. The molecular weight excluding hydrogens is 296 g/mol. The minimum absolute atomic E-state index is 0.0348. The molecule has 8 nitrogen and oxygen atoms in total. The summed E-state index contributed by atoms with van der Waals surface area (Å²) in [7, 11) is -1.67. The highest BCUT2D eigenvalue weighted by Gasteiger charge is 2.09. The zero-order chi connectivity index (χ0) is 15.9. The van der Waals surface area contributed by atoms with Crippen molar-refractivity contribution in [3.63, 3.8) is 0 Å². The van der Waals surface area contributed by atoms with Crippen LogP contribution in [0.15, 0.2) is 23.4 Å². The van der Waals surface area contributed by atoms with Crippen molar-refractivity contribution in [1.29, 1.82) is 0 Å². The number of nitrogens with two attached hydrogens (primary N) is 1. The molecule has 0 fully saturated rings. The number of sulfonamides is 1. The van der Waals surface area contributed by atoms with Crippen LogP contribution in [0.1, 0.15) is 11.1 Å². The first-order valence-corrected chi connectivity index (χ1v) is 8.06. The normalized spacial score (nSPS) is 12.4. The summed E-state index contributed by atoms with van der Waals surface area (Å²) in [6, 6.07) is 5.30. The number of nitrogens with zero attached hydrogens (tertiary/aromatic N) is 1. The van der Waals surface area contributed by atoms with Gasteiger partial charge in [-0.25, -0.2) is 13.1 Å². The topological polar surface area (TPSA) is 126 Å². The number of benzene rings is 1. The van der Waals surface area contributed by atoms with Crippen molar-refractivity contribution in [1.82, 2.24) is 10.0 Å². The third kappa shape index (κ3) is 5.98. The molecule has 0 heterocycles. The number of methoxy groups -OCH3 is 1. The summed E-state index contributed by atoms with van der Waals surface area (Å²) in [4.78, 5) is 0. The van der Waals surface area contributed by atoms with Gasteiger partial charge in [-0.15, -0.1) is 0 Å². The fourth-order valence-corrected chi connectivity index (χ4v) is 2.15. The molecule has 0 saturated heterocycles. The van der Waals surface area contributed by atoms with E-state index in [1.807, 2.05) is 6.07 Å². The van der Waals surface area contributed by atoms with Gasteiger partial charge in [0.15, 0.2) is 5.84 Å². The van der Waals surface area contributed by atoms with Crippen molar-refractivity contribution in [2.24, 2.45) is 10.9 Å². The molecule has 21 heavy (non-hydrogen) atoms. The maximum absolute atomic E-state index is 10.9. The summed E-state index contributed by atoms with van der Waals surface area (Å²) < 4.78 is 29.3. The maximum Gasteiger partial charge on any atom is 0.208 e. The largest absolute Gasteiger partial charge is 0.496 e. The zero-order valence-corrected chi connectivity index (χ0v) is 12.8. The summed E-state index contributed by atoms with van der Waals surface area (Å²) in [5.41, 5.74) is 6.98. The highest BCUT2D eigenvalue weighted by molar-refractivity contribution is 7.88. The highest BCUT2D eigenvalue weighted by atomic mass is 32.2. The van der Waals surface area contributed by atoms with E-state index in [2.05, 4.69) is 15.2 Å². The van der Waals surface area contributed by atoms with Crippen molar-refractivity contribution in [3.05, 3.63) is 29.3 Å². The summed E-state index contributed by atoms with van der Waals surface area (Å²) in [5, 5.41) is 14.8. The number of ether oxygens (including phenoxy) is 1. The van der Waals surface area contributed by atoms with Crippen LogP contribution in [-0.4, -0.2) is 45.9 Å². The van der Waals surface area contributed by atoms with E-state index in [1.165, 1.54) is 7.11 Å². The number of hydrogen-bond donors (Lipinski definition) is 4. The smallest absolute Gasteiger partial charge is 0.208 e. The minimum atomic E-state index is -3.17. The van der Waals surface area contributed by atoms with Crippen LogP contribution in [0.4, 0.5) is 0 Å². The number of rotatable bonds is 8. The SMILES string of the molecule is COc1ccc(CNCCNS(C)(=O)=O)cc1C(N)=NO. The van der Waals surface area contributed by atoms with E-state index >= 15 is 0 Å². The van der Waals surface area contributed by atoms with Crippen LogP contribution >= 0.6 is 0 Å². The van der Waals surface area contributed by atoms with Gasteiger partial charge in [0, 0.05) is 19.6 Å². The van der Waals surface area contributed by atoms with Gasteiger partial charge < -0.3 is 21.0 Å². The second-order valence-corrected chi connectivity index (χ2v) is 6.20. The molecule has 0 amide bonds. The fraction of sp³-hybridized carbons (Fsp3) is 0.417. The van der Waals surface area contributed by atoms with Gasteiger partial charge in [0.05, 0.1) is 18.9 Å². The Morgan fingerprint density at radius 1 is 1.43 bits per heavy atom. The highest BCUT2D eigenvalue weighted by Crippen LogP contribution is 2.19. The molecule has 0 spiro atoms. The van der Waals surface area contributed by atoms with Crippen molar-refractivity contribution >= 4 is 15.9 Å². The van der Waals surface area contributed by atoms with E-state index in [1.54, 1.807) is 12.1 Å². The lowest BCUT2D eigenvalue weighted by Crippen LogP contribution is -2.30. The van der Waals surface area contributed by atoms with E-state index in [9.17, 15) is 8.42 Å². The summed E-state index contributed by atoms with van der Waals surface area (Å²) in [6.45, 7) is 1.31. The van der Waals surface area contributed by atoms with Crippen LogP contribution in [0.25, 0.3) is 0 Å². The third-order valence-corrected chi connectivity index (χ3v) is 3.37. The first kappa shape index (κ1) is 17.2. The molecular formula is C12H20N4O4S. The molecule has 0 aromatic heterocycles. The van der Waals surface area contributed by atoms with Crippen molar-refractivity contribution < 1.29 is 18.4 Å².